The number of piperazine rings is 1. The van der Waals surface area contributed by atoms with Crippen LogP contribution in [0.5, 0.6) is 0 Å². The summed E-state index contributed by atoms with van der Waals surface area (Å²) >= 11 is 6.94. The smallest absolute Gasteiger partial charge is 0.341 e. The second-order valence-corrected chi connectivity index (χ2v) is 9.32. The van der Waals surface area contributed by atoms with E-state index in [1.807, 2.05) is 19.9 Å². The van der Waals surface area contributed by atoms with Crippen molar-refractivity contribution < 1.29 is 14.3 Å². The molecule has 0 aliphatic carbocycles. The number of carbonyl (C=O) groups is 2. The largest absolute Gasteiger partial charge is 0.465 e. The standard InChI is InChI=1S/C24H32N4O3S2/c1-5-27(6-2)22(29)20-17(3)19(23(30)31-4)21(33-20)25-24(32)28-14-12-26(13-15-28)16-18-10-8-7-9-11-18/h7-11H,5-6,12-16H2,1-4H3,(H,25,32). The minimum absolute atomic E-state index is 0.0823. The Morgan fingerprint density at radius 1 is 1.12 bits per heavy atom. The fourth-order valence-corrected chi connectivity index (χ4v) is 5.45. The Morgan fingerprint density at radius 2 is 1.76 bits per heavy atom. The molecule has 178 valence electrons. The number of esters is 1. The summed E-state index contributed by atoms with van der Waals surface area (Å²) in [6.45, 7) is 11.2. The number of ether oxygens (including phenoxy) is 1. The molecule has 1 saturated heterocycles. The number of thiocarbonyl (C=S) groups is 1. The highest BCUT2D eigenvalue weighted by Gasteiger charge is 2.28. The summed E-state index contributed by atoms with van der Waals surface area (Å²) in [7, 11) is 1.35. The number of nitrogens with zero attached hydrogens (tertiary/aromatic N) is 3. The molecule has 3 rings (SSSR count). The van der Waals surface area contributed by atoms with Gasteiger partial charge in [-0.25, -0.2) is 4.79 Å². The van der Waals surface area contributed by atoms with Crippen molar-refractivity contribution >= 4 is 45.5 Å². The first-order chi connectivity index (χ1) is 15.9. The van der Waals surface area contributed by atoms with Crippen LogP contribution < -0.4 is 5.32 Å². The molecule has 1 N–H and O–H groups in total. The van der Waals surface area contributed by atoms with Crippen molar-refractivity contribution in [3.05, 3.63) is 51.9 Å². The molecule has 1 fully saturated rings. The summed E-state index contributed by atoms with van der Waals surface area (Å²) in [5, 5.41) is 4.36. The van der Waals surface area contributed by atoms with Crippen LogP contribution in [0.25, 0.3) is 0 Å². The van der Waals surface area contributed by atoms with Gasteiger partial charge in [-0.05, 0) is 44.1 Å². The van der Waals surface area contributed by atoms with Gasteiger partial charge < -0.3 is 19.9 Å². The first-order valence-corrected chi connectivity index (χ1v) is 12.4. The fourth-order valence-electron chi connectivity index (χ4n) is 3.93. The number of nitrogens with one attached hydrogen (secondary N) is 1. The lowest BCUT2D eigenvalue weighted by Gasteiger charge is -2.36. The molecular formula is C24H32N4O3S2. The summed E-state index contributed by atoms with van der Waals surface area (Å²) < 4.78 is 5.00. The van der Waals surface area contributed by atoms with Gasteiger partial charge in [0.2, 0.25) is 0 Å². The molecule has 1 aromatic heterocycles. The third-order valence-corrected chi connectivity index (χ3v) is 7.47. The first kappa shape index (κ1) is 25.1. The second kappa shape index (κ2) is 11.6. The Labute approximate surface area is 205 Å². The quantitative estimate of drug-likeness (QED) is 0.469. The van der Waals surface area contributed by atoms with Crippen molar-refractivity contribution in [2.75, 3.05) is 51.7 Å². The summed E-state index contributed by atoms with van der Waals surface area (Å²) in [5.74, 6) is -0.554. The Bertz CT molecular complexity index is 981. The van der Waals surface area contributed by atoms with Gasteiger partial charge in [-0.2, -0.15) is 0 Å². The molecule has 0 spiro atoms. The van der Waals surface area contributed by atoms with Gasteiger partial charge in [0.1, 0.15) is 5.00 Å². The lowest BCUT2D eigenvalue weighted by Crippen LogP contribution is -2.49. The van der Waals surface area contributed by atoms with E-state index < -0.39 is 5.97 Å². The van der Waals surface area contributed by atoms with Crippen molar-refractivity contribution in [1.29, 1.82) is 0 Å². The highest BCUT2D eigenvalue weighted by Crippen LogP contribution is 2.35. The molecule has 0 unspecified atom stereocenters. The van der Waals surface area contributed by atoms with E-state index in [1.165, 1.54) is 24.0 Å². The van der Waals surface area contributed by atoms with Crippen molar-refractivity contribution in [2.24, 2.45) is 0 Å². The van der Waals surface area contributed by atoms with Crippen molar-refractivity contribution in [2.45, 2.75) is 27.3 Å². The number of methoxy groups -OCH3 is 1. The van der Waals surface area contributed by atoms with E-state index in [2.05, 4.69) is 39.4 Å². The van der Waals surface area contributed by atoms with Crippen LogP contribution in [-0.2, 0) is 11.3 Å². The van der Waals surface area contributed by atoms with Crippen LogP contribution in [0, 0.1) is 6.92 Å². The molecule has 1 aliphatic heterocycles. The molecule has 7 nitrogen and oxygen atoms in total. The zero-order valence-electron chi connectivity index (χ0n) is 19.7. The van der Waals surface area contributed by atoms with Gasteiger partial charge >= 0.3 is 5.97 Å². The number of thiophene rings is 1. The summed E-state index contributed by atoms with van der Waals surface area (Å²) in [5.41, 5.74) is 2.30. The molecule has 9 heteroatoms. The Hall–Kier alpha value is -2.49. The van der Waals surface area contributed by atoms with E-state index in [0.29, 0.717) is 39.2 Å². The zero-order chi connectivity index (χ0) is 24.0. The number of rotatable bonds is 7. The van der Waals surface area contributed by atoms with Gasteiger partial charge in [-0.3, -0.25) is 9.69 Å². The van der Waals surface area contributed by atoms with Gasteiger partial charge in [0.05, 0.1) is 17.6 Å². The second-order valence-electron chi connectivity index (χ2n) is 7.91. The van der Waals surface area contributed by atoms with E-state index in [0.717, 1.165) is 32.7 Å². The van der Waals surface area contributed by atoms with Crippen molar-refractivity contribution in [3.8, 4) is 0 Å². The fraction of sp³-hybridized carbons (Fsp3) is 0.458. The van der Waals surface area contributed by atoms with E-state index in [4.69, 9.17) is 17.0 Å². The molecule has 1 aromatic carbocycles. The van der Waals surface area contributed by atoms with E-state index in [-0.39, 0.29) is 5.91 Å². The molecule has 0 bridgehead atoms. The number of hydrogen-bond donors (Lipinski definition) is 1. The molecular weight excluding hydrogens is 456 g/mol. The normalized spacial score (nSPS) is 14.1. The highest BCUT2D eigenvalue weighted by molar-refractivity contribution is 7.80. The van der Waals surface area contributed by atoms with Crippen molar-refractivity contribution in [3.63, 3.8) is 0 Å². The van der Waals surface area contributed by atoms with Gasteiger partial charge in [-0.15, -0.1) is 11.3 Å². The van der Waals surface area contributed by atoms with Crippen LogP contribution in [0.2, 0.25) is 0 Å². The summed E-state index contributed by atoms with van der Waals surface area (Å²) in [4.78, 5) is 32.3. The molecule has 1 aliphatic rings. The molecule has 0 radical (unpaired) electrons. The minimum atomic E-state index is -0.472. The van der Waals surface area contributed by atoms with Gasteiger partial charge in [0.25, 0.3) is 5.91 Å². The van der Waals surface area contributed by atoms with Crippen LogP contribution in [0.3, 0.4) is 0 Å². The Morgan fingerprint density at radius 3 is 2.33 bits per heavy atom. The van der Waals surface area contributed by atoms with Gasteiger partial charge in [-0.1, -0.05) is 30.3 Å². The molecule has 2 heterocycles. The Kier molecular flexibility index (Phi) is 8.82. The maximum absolute atomic E-state index is 13.0. The third-order valence-electron chi connectivity index (χ3n) is 5.91. The van der Waals surface area contributed by atoms with Crippen molar-refractivity contribution in [1.82, 2.24) is 14.7 Å². The lowest BCUT2D eigenvalue weighted by molar-refractivity contribution is 0.0601. The molecule has 1 amide bonds. The summed E-state index contributed by atoms with van der Waals surface area (Å²) in [6, 6.07) is 10.4. The minimum Gasteiger partial charge on any atom is -0.465 e. The van der Waals surface area contributed by atoms with Gasteiger partial charge in [0.15, 0.2) is 5.11 Å². The topological polar surface area (TPSA) is 65.1 Å². The zero-order valence-corrected chi connectivity index (χ0v) is 21.4. The lowest BCUT2D eigenvalue weighted by atomic mass is 10.1. The molecule has 2 aromatic rings. The van der Waals surface area contributed by atoms with Crippen LogP contribution >= 0.6 is 23.6 Å². The number of anilines is 1. The molecule has 0 saturated carbocycles. The van der Waals surface area contributed by atoms with E-state index >= 15 is 0 Å². The number of hydrogen-bond acceptors (Lipinski definition) is 6. The maximum atomic E-state index is 13.0. The highest BCUT2D eigenvalue weighted by atomic mass is 32.1. The number of benzene rings is 1. The molecule has 33 heavy (non-hydrogen) atoms. The monoisotopic (exact) mass is 488 g/mol. The molecule has 0 atom stereocenters. The van der Waals surface area contributed by atoms with E-state index in [9.17, 15) is 9.59 Å². The van der Waals surface area contributed by atoms with Crippen LogP contribution in [0.4, 0.5) is 5.00 Å². The van der Waals surface area contributed by atoms with E-state index in [1.54, 1.807) is 11.8 Å². The SMILES string of the molecule is CCN(CC)C(=O)c1sc(NC(=S)N2CCN(Cc3ccccc3)CC2)c(C(=O)OC)c1C. The van der Waals surface area contributed by atoms with Crippen LogP contribution in [0.1, 0.15) is 45.0 Å². The van der Waals surface area contributed by atoms with Gasteiger partial charge in [0, 0.05) is 45.8 Å². The average molecular weight is 489 g/mol. The predicted octanol–water partition coefficient (Wildman–Crippen LogP) is 3.84. The van der Waals surface area contributed by atoms with Crippen LogP contribution in [0.15, 0.2) is 30.3 Å². The third kappa shape index (κ3) is 5.90. The Balaban J connectivity index is 1.70. The number of carbonyl (C=O) groups excluding carboxylic acids is 2. The predicted molar refractivity (Wildman–Crippen MR) is 137 cm³/mol. The summed E-state index contributed by atoms with van der Waals surface area (Å²) in [6.07, 6.45) is 0. The first-order valence-electron chi connectivity index (χ1n) is 11.2. The number of amides is 1. The van der Waals surface area contributed by atoms with Crippen LogP contribution in [-0.4, -0.2) is 78.1 Å². The average Bonchev–Trinajstić information content (AvgIpc) is 3.15. The maximum Gasteiger partial charge on any atom is 0.341 e.